The fraction of sp³-hybridized carbons (Fsp3) is 0.290. The lowest BCUT2D eigenvalue weighted by Crippen LogP contribution is -2.48. The Hall–Kier alpha value is -4.14. The Bertz CT molecular complexity index is 1420. The van der Waals surface area contributed by atoms with Crippen LogP contribution in [0.3, 0.4) is 0 Å². The first-order valence-corrected chi connectivity index (χ1v) is 13.5. The number of benzene rings is 3. The van der Waals surface area contributed by atoms with Crippen LogP contribution < -0.4 is 5.73 Å². The van der Waals surface area contributed by atoms with Gasteiger partial charge in [-0.1, -0.05) is 90.9 Å². The first-order chi connectivity index (χ1) is 19.0. The Labute approximate surface area is 229 Å². The summed E-state index contributed by atoms with van der Waals surface area (Å²) in [6.45, 7) is 3.50. The molecule has 5 rings (SSSR count). The summed E-state index contributed by atoms with van der Waals surface area (Å²) in [5.74, 6) is 0.617. The first-order valence-electron chi connectivity index (χ1n) is 13.5. The van der Waals surface area contributed by atoms with E-state index in [1.807, 2.05) is 69.5 Å². The summed E-state index contributed by atoms with van der Waals surface area (Å²) in [5, 5.41) is 11.8. The number of hydrogen-bond donors (Lipinski definition) is 1. The van der Waals surface area contributed by atoms with Crippen molar-refractivity contribution in [1.82, 2.24) is 20.0 Å². The van der Waals surface area contributed by atoms with Crippen molar-refractivity contribution in [1.29, 1.82) is 0 Å². The Kier molecular flexibility index (Phi) is 8.24. The summed E-state index contributed by atoms with van der Waals surface area (Å²) in [7, 11) is 1.95. The number of nitrogens with two attached hydrogens (primary N) is 1. The van der Waals surface area contributed by atoms with E-state index in [1.54, 1.807) is 0 Å². The summed E-state index contributed by atoms with van der Waals surface area (Å²) < 4.78 is 2.03. The second-order valence-corrected chi connectivity index (χ2v) is 10.00. The molecule has 1 unspecified atom stereocenters. The molecule has 39 heavy (non-hydrogen) atoms. The molecule has 8 heteroatoms. The lowest BCUT2D eigenvalue weighted by Gasteiger charge is -2.32. The van der Waals surface area contributed by atoms with Crippen LogP contribution in [-0.4, -0.2) is 45.3 Å². The van der Waals surface area contributed by atoms with Crippen LogP contribution in [0.25, 0.3) is 10.9 Å². The van der Waals surface area contributed by atoms with Crippen molar-refractivity contribution >= 4 is 22.6 Å². The van der Waals surface area contributed by atoms with Crippen LogP contribution in [0.5, 0.6) is 0 Å². The third-order valence-electron chi connectivity index (χ3n) is 7.11. The number of hydrogen-bond acceptors (Lipinski definition) is 6. The van der Waals surface area contributed by atoms with E-state index in [9.17, 15) is 4.79 Å². The van der Waals surface area contributed by atoms with Crippen LogP contribution in [0, 0.1) is 5.92 Å². The third-order valence-corrected chi connectivity index (χ3v) is 7.11. The molecule has 2 N–H and O–H groups in total. The molecule has 2 heterocycles. The van der Waals surface area contributed by atoms with Gasteiger partial charge in [0, 0.05) is 30.7 Å². The molecule has 0 bridgehead atoms. The second kappa shape index (κ2) is 12.1. The number of para-hydroxylation sites is 1. The Morgan fingerprint density at radius 3 is 2.31 bits per heavy atom. The van der Waals surface area contributed by atoms with Gasteiger partial charge in [-0.2, -0.15) is 0 Å². The van der Waals surface area contributed by atoms with E-state index in [2.05, 4.69) is 55.5 Å². The number of primary amides is 1. The molecule has 202 valence electrons. The molecule has 0 radical (unpaired) electrons. The number of rotatable bonds is 12. The number of fused-ring (bicyclic) bond motifs is 1. The van der Waals surface area contributed by atoms with E-state index in [0.29, 0.717) is 6.61 Å². The maximum absolute atomic E-state index is 11.8. The van der Waals surface area contributed by atoms with Crippen LogP contribution in [-0.2, 0) is 35.6 Å². The van der Waals surface area contributed by atoms with Gasteiger partial charge in [0.1, 0.15) is 13.2 Å². The van der Waals surface area contributed by atoms with Gasteiger partial charge in [-0.3, -0.25) is 9.63 Å². The summed E-state index contributed by atoms with van der Waals surface area (Å²) in [5.41, 5.74) is 10.1. The normalized spacial score (nSPS) is 14.7. The molecule has 3 aromatic carbocycles. The zero-order chi connectivity index (χ0) is 27.2. The number of hydrazine groups is 2. The standard InChI is InChI=1S/C31H36N6O2/c1-24(17-18-28-21-27-15-9-10-16-29(27)35(28)22-30(32)38)31-33-34(2)36(20-19-25-11-5-3-6-12-25)37(31)39-23-26-13-7-4-8-14-26/h3-16,21,24H,17-20,22-23H2,1-2H3,(H2,32,38). The van der Waals surface area contributed by atoms with Crippen molar-refractivity contribution in [3.63, 3.8) is 0 Å². The highest BCUT2D eigenvalue weighted by Gasteiger charge is 2.34. The minimum Gasteiger partial charge on any atom is -0.368 e. The maximum Gasteiger partial charge on any atom is 0.237 e. The van der Waals surface area contributed by atoms with Crippen molar-refractivity contribution in [2.75, 3.05) is 13.6 Å². The molecule has 0 fully saturated rings. The number of amides is 1. The van der Waals surface area contributed by atoms with Crippen molar-refractivity contribution in [2.45, 2.75) is 39.3 Å². The van der Waals surface area contributed by atoms with Gasteiger partial charge in [-0.15, -0.1) is 10.3 Å². The van der Waals surface area contributed by atoms with Crippen molar-refractivity contribution < 1.29 is 9.63 Å². The SMILES string of the molecule is CC(CCc1cc2ccccc2n1CC(N)=O)C1=NN(C)N(CCc2ccccc2)N1OCc1ccccc1. The predicted octanol–water partition coefficient (Wildman–Crippen LogP) is 4.76. The summed E-state index contributed by atoms with van der Waals surface area (Å²) in [6.07, 6.45) is 2.47. The predicted molar refractivity (Wildman–Crippen MR) is 154 cm³/mol. The number of amidine groups is 1. The number of aryl methyl sites for hydroxylation is 1. The lowest BCUT2D eigenvalue weighted by atomic mass is 10.0. The van der Waals surface area contributed by atoms with E-state index >= 15 is 0 Å². The highest BCUT2D eigenvalue weighted by atomic mass is 16.7. The number of hydroxylamine groups is 1. The number of carbonyl (C=O) groups excluding carboxylic acids is 1. The molecule has 0 aliphatic carbocycles. The van der Waals surface area contributed by atoms with Gasteiger partial charge in [0.05, 0.1) is 0 Å². The fourth-order valence-electron chi connectivity index (χ4n) is 5.02. The topological polar surface area (TPSA) is 79.3 Å². The molecule has 4 aromatic rings. The van der Waals surface area contributed by atoms with Gasteiger partial charge in [0.25, 0.3) is 0 Å². The minimum atomic E-state index is -0.345. The summed E-state index contributed by atoms with van der Waals surface area (Å²) in [4.78, 5) is 18.2. The van der Waals surface area contributed by atoms with Gasteiger partial charge >= 0.3 is 0 Å². The summed E-state index contributed by atoms with van der Waals surface area (Å²) >= 11 is 0. The Balaban J connectivity index is 1.32. The monoisotopic (exact) mass is 524 g/mol. The van der Waals surface area contributed by atoms with Crippen molar-refractivity contribution in [3.8, 4) is 0 Å². The van der Waals surface area contributed by atoms with Crippen molar-refractivity contribution in [2.24, 2.45) is 16.8 Å². The highest BCUT2D eigenvalue weighted by Crippen LogP contribution is 2.26. The smallest absolute Gasteiger partial charge is 0.237 e. The number of carbonyl (C=O) groups is 1. The molecule has 0 saturated carbocycles. The molecule has 0 saturated heterocycles. The third kappa shape index (κ3) is 6.30. The molecule has 1 atom stereocenters. The van der Waals surface area contributed by atoms with E-state index in [4.69, 9.17) is 15.7 Å². The van der Waals surface area contributed by atoms with E-state index in [0.717, 1.165) is 53.8 Å². The van der Waals surface area contributed by atoms with E-state index < -0.39 is 0 Å². The second-order valence-electron chi connectivity index (χ2n) is 10.00. The Morgan fingerprint density at radius 2 is 1.59 bits per heavy atom. The zero-order valence-corrected chi connectivity index (χ0v) is 22.6. The molecular formula is C31H36N6O2. The molecule has 1 aromatic heterocycles. The minimum absolute atomic E-state index is 0.102. The average Bonchev–Trinajstić information content (AvgIpc) is 3.46. The van der Waals surface area contributed by atoms with Crippen LogP contribution in [0.1, 0.15) is 30.2 Å². The van der Waals surface area contributed by atoms with Crippen LogP contribution in [0.15, 0.2) is 96.1 Å². The molecular weight excluding hydrogens is 488 g/mol. The number of aromatic nitrogens is 1. The van der Waals surface area contributed by atoms with Gasteiger partial charge in [-0.25, -0.2) is 5.12 Å². The van der Waals surface area contributed by atoms with Crippen LogP contribution in [0.2, 0.25) is 0 Å². The maximum atomic E-state index is 11.8. The van der Waals surface area contributed by atoms with Gasteiger partial charge in [0.15, 0.2) is 5.84 Å². The van der Waals surface area contributed by atoms with Gasteiger partial charge in [-0.05, 0) is 47.9 Å². The molecule has 0 spiro atoms. The zero-order valence-electron chi connectivity index (χ0n) is 22.6. The quantitative estimate of drug-likeness (QED) is 0.289. The lowest BCUT2D eigenvalue weighted by molar-refractivity contribution is -0.289. The van der Waals surface area contributed by atoms with E-state index in [-0.39, 0.29) is 18.4 Å². The molecule has 1 aliphatic rings. The number of nitrogens with zero attached hydrogens (tertiary/aromatic N) is 5. The fourth-order valence-corrected chi connectivity index (χ4v) is 5.02. The summed E-state index contributed by atoms with van der Waals surface area (Å²) in [6, 6.07) is 30.9. The van der Waals surface area contributed by atoms with Crippen LogP contribution in [0.4, 0.5) is 0 Å². The van der Waals surface area contributed by atoms with Gasteiger partial charge in [0.2, 0.25) is 5.91 Å². The largest absolute Gasteiger partial charge is 0.368 e. The first kappa shape index (κ1) is 26.5. The van der Waals surface area contributed by atoms with Gasteiger partial charge < -0.3 is 10.3 Å². The van der Waals surface area contributed by atoms with Crippen LogP contribution >= 0.6 is 0 Å². The van der Waals surface area contributed by atoms with E-state index in [1.165, 1.54) is 5.56 Å². The molecule has 8 nitrogen and oxygen atoms in total. The highest BCUT2D eigenvalue weighted by molar-refractivity contribution is 5.85. The molecule has 1 aliphatic heterocycles. The van der Waals surface area contributed by atoms with Crippen molar-refractivity contribution in [3.05, 3.63) is 108 Å². The Morgan fingerprint density at radius 1 is 0.923 bits per heavy atom. The molecule has 1 amide bonds. The average molecular weight is 525 g/mol. The number of hydrazone groups is 1.